The van der Waals surface area contributed by atoms with Gasteiger partial charge in [0.1, 0.15) is 0 Å². The van der Waals surface area contributed by atoms with Crippen LogP contribution in [-0.2, 0) is 0 Å². The second-order valence-corrected chi connectivity index (χ2v) is 3.87. The Kier molecular flexibility index (Phi) is 4.02. The summed E-state index contributed by atoms with van der Waals surface area (Å²) in [5, 5.41) is 3.27. The maximum Gasteiger partial charge on any atom is 0.0220 e. The van der Waals surface area contributed by atoms with Crippen molar-refractivity contribution in [2.75, 3.05) is 20.6 Å². The Balaban J connectivity index is 2.41. The lowest BCUT2D eigenvalue weighted by Crippen LogP contribution is -2.47. The van der Waals surface area contributed by atoms with E-state index in [2.05, 4.69) is 24.2 Å². The first-order valence-corrected chi connectivity index (χ1v) is 5.16. The van der Waals surface area contributed by atoms with E-state index in [9.17, 15) is 0 Å². The van der Waals surface area contributed by atoms with Gasteiger partial charge in [0.2, 0.25) is 0 Å². The minimum atomic E-state index is 0.772. The third kappa shape index (κ3) is 2.20. The van der Waals surface area contributed by atoms with E-state index >= 15 is 0 Å². The van der Waals surface area contributed by atoms with Crippen LogP contribution in [0, 0.1) is 0 Å². The molecule has 1 aliphatic heterocycles. The summed E-state index contributed by atoms with van der Waals surface area (Å²) in [5.74, 6) is 0. The Morgan fingerprint density at radius 2 is 2.00 bits per heavy atom. The predicted octanol–water partition coefficient (Wildman–Crippen LogP) is 1.47. The summed E-state index contributed by atoms with van der Waals surface area (Å²) >= 11 is 0. The Labute approximate surface area is 76.3 Å². The van der Waals surface area contributed by atoms with Gasteiger partial charge in [0, 0.05) is 18.6 Å². The zero-order chi connectivity index (χ0) is 8.97. The van der Waals surface area contributed by atoms with Crippen molar-refractivity contribution >= 4 is 0 Å². The molecule has 2 unspecified atom stereocenters. The first-order valence-electron chi connectivity index (χ1n) is 5.16. The van der Waals surface area contributed by atoms with Gasteiger partial charge in [-0.15, -0.1) is 0 Å². The molecule has 2 heteroatoms. The average Bonchev–Trinajstić information content (AvgIpc) is 2.09. The highest BCUT2D eigenvalue weighted by Gasteiger charge is 2.25. The molecule has 0 amide bonds. The van der Waals surface area contributed by atoms with Crippen molar-refractivity contribution in [3.05, 3.63) is 0 Å². The minimum absolute atomic E-state index is 0.772. The summed E-state index contributed by atoms with van der Waals surface area (Å²) in [5.41, 5.74) is 0. The standard InChI is InChI=1S/C10H22N2/c1-4-9-6-5-7-10(8-11-2)12(9)3/h9-11H,4-8H2,1-3H3. The molecule has 0 aliphatic carbocycles. The van der Waals surface area contributed by atoms with Crippen molar-refractivity contribution in [3.8, 4) is 0 Å². The first-order chi connectivity index (χ1) is 5.79. The summed E-state index contributed by atoms with van der Waals surface area (Å²) in [4.78, 5) is 2.56. The van der Waals surface area contributed by atoms with Gasteiger partial charge in [-0.1, -0.05) is 13.3 Å². The van der Waals surface area contributed by atoms with E-state index in [1.165, 1.54) is 25.7 Å². The highest BCUT2D eigenvalue weighted by molar-refractivity contribution is 4.82. The van der Waals surface area contributed by atoms with Crippen LogP contribution in [-0.4, -0.2) is 37.6 Å². The lowest BCUT2D eigenvalue weighted by atomic mass is 9.95. The predicted molar refractivity (Wildman–Crippen MR) is 53.4 cm³/mol. The number of likely N-dealkylation sites (N-methyl/N-ethyl adjacent to an activating group) is 2. The van der Waals surface area contributed by atoms with Gasteiger partial charge in [0.25, 0.3) is 0 Å². The van der Waals surface area contributed by atoms with E-state index in [-0.39, 0.29) is 0 Å². The zero-order valence-electron chi connectivity index (χ0n) is 8.64. The fraction of sp³-hybridized carbons (Fsp3) is 1.00. The molecule has 0 aromatic heterocycles. The van der Waals surface area contributed by atoms with Gasteiger partial charge in [0.15, 0.2) is 0 Å². The highest BCUT2D eigenvalue weighted by atomic mass is 15.2. The summed E-state index contributed by atoms with van der Waals surface area (Å²) in [6.07, 6.45) is 5.48. The van der Waals surface area contributed by atoms with Crippen LogP contribution >= 0.6 is 0 Å². The van der Waals surface area contributed by atoms with Crippen molar-refractivity contribution in [2.45, 2.75) is 44.7 Å². The van der Waals surface area contributed by atoms with E-state index < -0.39 is 0 Å². The van der Waals surface area contributed by atoms with Gasteiger partial charge in [-0.25, -0.2) is 0 Å². The second-order valence-electron chi connectivity index (χ2n) is 3.87. The van der Waals surface area contributed by atoms with Gasteiger partial charge < -0.3 is 5.32 Å². The van der Waals surface area contributed by atoms with Gasteiger partial charge in [0.05, 0.1) is 0 Å². The maximum atomic E-state index is 3.27. The fourth-order valence-corrected chi connectivity index (χ4v) is 2.27. The molecule has 1 fully saturated rings. The van der Waals surface area contributed by atoms with E-state index in [0.717, 1.165) is 18.6 Å². The zero-order valence-corrected chi connectivity index (χ0v) is 8.64. The Bertz CT molecular complexity index is 123. The van der Waals surface area contributed by atoms with Gasteiger partial charge in [-0.3, -0.25) is 4.90 Å². The molecule has 0 saturated carbocycles. The molecule has 1 saturated heterocycles. The van der Waals surface area contributed by atoms with E-state index in [1.807, 2.05) is 7.05 Å². The molecule has 2 atom stereocenters. The van der Waals surface area contributed by atoms with Crippen molar-refractivity contribution < 1.29 is 0 Å². The number of rotatable bonds is 3. The smallest absolute Gasteiger partial charge is 0.0220 e. The molecule has 1 aliphatic rings. The minimum Gasteiger partial charge on any atom is -0.318 e. The third-order valence-electron chi connectivity index (χ3n) is 3.14. The molecule has 0 aromatic carbocycles. The number of nitrogens with one attached hydrogen (secondary N) is 1. The summed E-state index contributed by atoms with van der Waals surface area (Å²) in [6, 6.07) is 1.60. The van der Waals surface area contributed by atoms with E-state index in [1.54, 1.807) is 0 Å². The fourth-order valence-electron chi connectivity index (χ4n) is 2.27. The number of hydrogen-bond donors (Lipinski definition) is 1. The monoisotopic (exact) mass is 170 g/mol. The molecule has 12 heavy (non-hydrogen) atoms. The summed E-state index contributed by atoms with van der Waals surface area (Å²) in [7, 11) is 4.32. The molecule has 0 radical (unpaired) electrons. The lowest BCUT2D eigenvalue weighted by molar-refractivity contribution is 0.112. The van der Waals surface area contributed by atoms with Crippen molar-refractivity contribution in [1.82, 2.24) is 10.2 Å². The van der Waals surface area contributed by atoms with Crippen LogP contribution < -0.4 is 5.32 Å². The third-order valence-corrected chi connectivity index (χ3v) is 3.14. The molecular weight excluding hydrogens is 148 g/mol. The normalized spacial score (nSPS) is 32.2. The second kappa shape index (κ2) is 4.83. The van der Waals surface area contributed by atoms with Crippen LogP contribution in [0.5, 0.6) is 0 Å². The quantitative estimate of drug-likeness (QED) is 0.690. The summed E-state index contributed by atoms with van der Waals surface area (Å²) in [6.45, 7) is 3.44. The lowest BCUT2D eigenvalue weighted by Gasteiger charge is -2.39. The SMILES string of the molecule is CCC1CCCC(CNC)N1C. The molecule has 1 heterocycles. The Morgan fingerprint density at radius 3 is 2.58 bits per heavy atom. The first kappa shape index (κ1) is 10.0. The molecule has 0 aromatic rings. The largest absolute Gasteiger partial charge is 0.318 e. The molecule has 1 N–H and O–H groups in total. The van der Waals surface area contributed by atoms with Crippen molar-refractivity contribution in [1.29, 1.82) is 0 Å². The average molecular weight is 170 g/mol. The topological polar surface area (TPSA) is 15.3 Å². The van der Waals surface area contributed by atoms with Crippen molar-refractivity contribution in [2.24, 2.45) is 0 Å². The molecule has 72 valence electrons. The van der Waals surface area contributed by atoms with Crippen LogP contribution in [0.2, 0.25) is 0 Å². The number of hydrogen-bond acceptors (Lipinski definition) is 2. The van der Waals surface area contributed by atoms with Crippen LogP contribution in [0.3, 0.4) is 0 Å². The Hall–Kier alpha value is -0.0800. The molecule has 1 rings (SSSR count). The Morgan fingerprint density at radius 1 is 1.33 bits per heavy atom. The summed E-state index contributed by atoms with van der Waals surface area (Å²) < 4.78 is 0. The maximum absolute atomic E-state index is 3.27. The molecule has 2 nitrogen and oxygen atoms in total. The van der Waals surface area contributed by atoms with Gasteiger partial charge in [-0.05, 0) is 33.4 Å². The number of nitrogens with zero attached hydrogens (tertiary/aromatic N) is 1. The van der Waals surface area contributed by atoms with Gasteiger partial charge in [-0.2, -0.15) is 0 Å². The van der Waals surface area contributed by atoms with Crippen molar-refractivity contribution in [3.63, 3.8) is 0 Å². The molecule has 0 spiro atoms. The van der Waals surface area contributed by atoms with Crippen LogP contribution in [0.4, 0.5) is 0 Å². The number of likely N-dealkylation sites (tertiary alicyclic amines) is 1. The highest BCUT2D eigenvalue weighted by Crippen LogP contribution is 2.22. The van der Waals surface area contributed by atoms with E-state index in [4.69, 9.17) is 0 Å². The molecular formula is C10H22N2. The van der Waals surface area contributed by atoms with Gasteiger partial charge >= 0.3 is 0 Å². The number of piperidine rings is 1. The molecule has 0 bridgehead atoms. The van der Waals surface area contributed by atoms with Crippen LogP contribution in [0.15, 0.2) is 0 Å². The van der Waals surface area contributed by atoms with Crippen LogP contribution in [0.25, 0.3) is 0 Å². The van der Waals surface area contributed by atoms with Crippen LogP contribution in [0.1, 0.15) is 32.6 Å². The van der Waals surface area contributed by atoms with E-state index in [0.29, 0.717) is 0 Å².